The molecule has 1 atom stereocenters. The second-order valence-corrected chi connectivity index (χ2v) is 4.18. The Morgan fingerprint density at radius 3 is 3.06 bits per heavy atom. The van der Waals surface area contributed by atoms with Gasteiger partial charge in [0.25, 0.3) is 0 Å². The minimum Gasteiger partial charge on any atom is -0.491 e. The molecule has 7 heteroatoms. The van der Waals surface area contributed by atoms with Crippen LogP contribution >= 0.6 is 11.6 Å². The van der Waals surface area contributed by atoms with Crippen LogP contribution in [0.5, 0.6) is 5.75 Å². The zero-order valence-electron chi connectivity index (χ0n) is 9.39. The molecule has 2 rings (SSSR count). The summed E-state index contributed by atoms with van der Waals surface area (Å²) in [4.78, 5) is 21.2. The molecule has 1 aromatic heterocycles. The Balaban J connectivity index is 2.33. The Hall–Kier alpha value is -1.40. The van der Waals surface area contributed by atoms with Crippen molar-refractivity contribution < 1.29 is 9.53 Å². The molecule has 0 aromatic carbocycles. The van der Waals surface area contributed by atoms with Gasteiger partial charge in [0.1, 0.15) is 0 Å². The van der Waals surface area contributed by atoms with Gasteiger partial charge in [0.15, 0.2) is 11.6 Å². The average Bonchev–Trinajstić information content (AvgIpc) is 2.70. The van der Waals surface area contributed by atoms with E-state index in [0.717, 1.165) is 0 Å². The van der Waals surface area contributed by atoms with Crippen molar-refractivity contribution in [3.05, 3.63) is 11.5 Å². The van der Waals surface area contributed by atoms with E-state index in [9.17, 15) is 4.79 Å². The highest BCUT2D eigenvalue weighted by Crippen LogP contribution is 2.30. The first-order chi connectivity index (χ1) is 8.15. The molecule has 1 amide bonds. The number of hydrogen-bond acceptors (Lipinski definition) is 5. The number of aromatic nitrogens is 2. The molecule has 1 aromatic rings. The fraction of sp³-hybridized carbons (Fsp3) is 0.500. The van der Waals surface area contributed by atoms with Gasteiger partial charge < -0.3 is 10.5 Å². The lowest BCUT2D eigenvalue weighted by Crippen LogP contribution is -2.27. The van der Waals surface area contributed by atoms with Crippen molar-refractivity contribution in [2.45, 2.75) is 6.42 Å². The van der Waals surface area contributed by atoms with E-state index in [2.05, 4.69) is 9.97 Å². The summed E-state index contributed by atoms with van der Waals surface area (Å²) in [6, 6.07) is 0. The first kappa shape index (κ1) is 12.1. The molecule has 2 N–H and O–H groups in total. The molecule has 17 heavy (non-hydrogen) atoms. The fourth-order valence-corrected chi connectivity index (χ4v) is 1.95. The Morgan fingerprint density at radius 2 is 2.47 bits per heavy atom. The predicted molar refractivity (Wildman–Crippen MR) is 63.1 cm³/mol. The lowest BCUT2D eigenvalue weighted by atomic mass is 10.1. The van der Waals surface area contributed by atoms with Crippen LogP contribution in [-0.4, -0.2) is 36.1 Å². The number of hydrogen-bond donors (Lipinski definition) is 1. The topological polar surface area (TPSA) is 81.3 Å². The van der Waals surface area contributed by atoms with Crippen molar-refractivity contribution >= 4 is 23.3 Å². The second-order valence-electron chi connectivity index (χ2n) is 3.84. The number of rotatable bonds is 3. The van der Waals surface area contributed by atoms with Crippen LogP contribution in [0, 0.1) is 5.92 Å². The molecule has 1 aliphatic heterocycles. The Morgan fingerprint density at radius 1 is 1.71 bits per heavy atom. The first-order valence-corrected chi connectivity index (χ1v) is 5.60. The quantitative estimate of drug-likeness (QED) is 0.794. The highest BCUT2D eigenvalue weighted by atomic mass is 35.5. The lowest BCUT2D eigenvalue weighted by molar-refractivity contribution is -0.117. The highest BCUT2D eigenvalue weighted by molar-refractivity contribution is 6.28. The van der Waals surface area contributed by atoms with Gasteiger partial charge in [-0.2, -0.15) is 4.98 Å². The summed E-state index contributed by atoms with van der Waals surface area (Å²) in [5.41, 5.74) is 5.57. The van der Waals surface area contributed by atoms with Crippen LogP contribution in [0.2, 0.25) is 5.28 Å². The summed E-state index contributed by atoms with van der Waals surface area (Å²) >= 11 is 5.73. The smallest absolute Gasteiger partial charge is 0.228 e. The van der Waals surface area contributed by atoms with E-state index in [1.165, 1.54) is 13.3 Å². The molecule has 2 heterocycles. The molecule has 6 nitrogen and oxygen atoms in total. The predicted octanol–water partition coefficient (Wildman–Crippen LogP) is 0.450. The first-order valence-electron chi connectivity index (χ1n) is 5.22. The van der Waals surface area contributed by atoms with Crippen LogP contribution in [0.15, 0.2) is 6.20 Å². The van der Waals surface area contributed by atoms with Crippen molar-refractivity contribution in [3.63, 3.8) is 0 Å². The molecule has 0 bridgehead atoms. The number of carbonyl (C=O) groups is 1. The van der Waals surface area contributed by atoms with Crippen molar-refractivity contribution in [1.29, 1.82) is 0 Å². The SMILES string of the molecule is COc1cnc(Cl)nc1N1CC(CN)CC1=O. The highest BCUT2D eigenvalue weighted by Gasteiger charge is 2.32. The van der Waals surface area contributed by atoms with E-state index in [4.69, 9.17) is 22.1 Å². The summed E-state index contributed by atoms with van der Waals surface area (Å²) in [6.07, 6.45) is 1.88. The van der Waals surface area contributed by atoms with Gasteiger partial charge in [0.05, 0.1) is 13.3 Å². The lowest BCUT2D eigenvalue weighted by Gasteiger charge is -2.17. The van der Waals surface area contributed by atoms with E-state index in [1.807, 2.05) is 0 Å². The van der Waals surface area contributed by atoms with Crippen molar-refractivity contribution in [3.8, 4) is 5.75 Å². The van der Waals surface area contributed by atoms with Crippen molar-refractivity contribution in [2.24, 2.45) is 11.7 Å². The van der Waals surface area contributed by atoms with Crippen LogP contribution in [0.25, 0.3) is 0 Å². The normalized spacial score (nSPS) is 19.8. The molecule has 92 valence electrons. The number of amides is 1. The van der Waals surface area contributed by atoms with E-state index < -0.39 is 0 Å². The van der Waals surface area contributed by atoms with Gasteiger partial charge in [-0.3, -0.25) is 9.69 Å². The summed E-state index contributed by atoms with van der Waals surface area (Å²) in [7, 11) is 1.50. The van der Waals surface area contributed by atoms with E-state index in [-0.39, 0.29) is 17.1 Å². The number of carbonyl (C=O) groups excluding carboxylic acids is 1. The summed E-state index contributed by atoms with van der Waals surface area (Å²) in [5.74, 6) is 0.975. The van der Waals surface area contributed by atoms with Crippen LogP contribution in [0.1, 0.15) is 6.42 Å². The summed E-state index contributed by atoms with van der Waals surface area (Å²) < 4.78 is 5.12. The molecule has 1 fully saturated rings. The molecule has 1 aliphatic rings. The zero-order chi connectivity index (χ0) is 12.4. The van der Waals surface area contributed by atoms with Crippen LogP contribution in [0.4, 0.5) is 5.82 Å². The molecule has 0 radical (unpaired) electrons. The molecular weight excluding hydrogens is 244 g/mol. The van der Waals surface area contributed by atoms with Crippen molar-refractivity contribution in [1.82, 2.24) is 9.97 Å². The Kier molecular flexibility index (Phi) is 3.44. The number of nitrogens with two attached hydrogens (primary N) is 1. The third-order valence-corrected chi connectivity index (χ3v) is 2.90. The number of ether oxygens (including phenoxy) is 1. The zero-order valence-corrected chi connectivity index (χ0v) is 10.1. The third kappa shape index (κ3) is 2.32. The molecular formula is C10H13ClN4O2. The van der Waals surface area contributed by atoms with E-state index in [1.54, 1.807) is 4.90 Å². The monoisotopic (exact) mass is 256 g/mol. The molecule has 0 spiro atoms. The largest absolute Gasteiger partial charge is 0.491 e. The third-order valence-electron chi connectivity index (χ3n) is 2.72. The van der Waals surface area contributed by atoms with Crippen LogP contribution in [0.3, 0.4) is 0 Å². The number of nitrogens with zero attached hydrogens (tertiary/aromatic N) is 3. The molecule has 0 aliphatic carbocycles. The Labute approximate surface area is 104 Å². The van der Waals surface area contributed by atoms with E-state index >= 15 is 0 Å². The van der Waals surface area contributed by atoms with E-state index in [0.29, 0.717) is 31.1 Å². The number of halogens is 1. The van der Waals surface area contributed by atoms with Gasteiger partial charge in [-0.1, -0.05) is 0 Å². The van der Waals surface area contributed by atoms with Gasteiger partial charge in [-0.15, -0.1) is 0 Å². The van der Waals surface area contributed by atoms with Gasteiger partial charge in [-0.25, -0.2) is 4.98 Å². The maximum Gasteiger partial charge on any atom is 0.228 e. The second kappa shape index (κ2) is 4.85. The molecule has 1 unspecified atom stereocenters. The van der Waals surface area contributed by atoms with Crippen LogP contribution < -0.4 is 15.4 Å². The summed E-state index contributed by atoms with van der Waals surface area (Å²) in [6.45, 7) is 1.02. The Bertz CT molecular complexity index is 440. The molecule has 0 saturated carbocycles. The standard InChI is InChI=1S/C10H13ClN4O2/c1-17-7-4-13-10(11)14-9(7)15-5-6(3-12)2-8(15)16/h4,6H,2-3,5,12H2,1H3. The van der Waals surface area contributed by atoms with Gasteiger partial charge in [0.2, 0.25) is 11.2 Å². The van der Waals surface area contributed by atoms with Crippen molar-refractivity contribution in [2.75, 3.05) is 25.1 Å². The molecule has 1 saturated heterocycles. The maximum absolute atomic E-state index is 11.8. The van der Waals surface area contributed by atoms with Crippen LogP contribution in [-0.2, 0) is 4.79 Å². The van der Waals surface area contributed by atoms with Gasteiger partial charge in [0, 0.05) is 13.0 Å². The minimum atomic E-state index is -0.0199. The van der Waals surface area contributed by atoms with Gasteiger partial charge in [-0.05, 0) is 24.1 Å². The maximum atomic E-state index is 11.8. The number of methoxy groups -OCH3 is 1. The minimum absolute atomic E-state index is 0.0199. The average molecular weight is 257 g/mol. The van der Waals surface area contributed by atoms with Gasteiger partial charge >= 0.3 is 0 Å². The summed E-state index contributed by atoms with van der Waals surface area (Å²) in [5, 5.41) is 0.0878. The number of anilines is 1. The fourth-order valence-electron chi connectivity index (χ4n) is 1.82.